The average Bonchev–Trinajstić information content (AvgIpc) is 3.12. The molecular formula is C21H36F3N2O6P. The van der Waals surface area contributed by atoms with Gasteiger partial charge in [-0.25, -0.2) is 0 Å². The summed E-state index contributed by atoms with van der Waals surface area (Å²) in [6, 6.07) is 0. The zero-order valence-corrected chi connectivity index (χ0v) is 21.1. The molecule has 8 nitrogen and oxygen atoms in total. The van der Waals surface area contributed by atoms with Gasteiger partial charge in [-0.2, -0.15) is 18.2 Å². The van der Waals surface area contributed by atoms with Gasteiger partial charge in [0.05, 0.1) is 19.6 Å². The van der Waals surface area contributed by atoms with E-state index in [0.717, 1.165) is 0 Å². The minimum absolute atomic E-state index is 0.0665. The minimum Gasteiger partial charge on any atom is -0.459 e. The van der Waals surface area contributed by atoms with Crippen LogP contribution < -0.4 is 0 Å². The predicted octanol–water partition coefficient (Wildman–Crippen LogP) is 6.20. The number of ether oxygens (including phenoxy) is 1. The Bertz CT molecular complexity index is 769. The van der Waals surface area contributed by atoms with E-state index >= 15 is 0 Å². The van der Waals surface area contributed by atoms with Crippen molar-refractivity contribution in [2.75, 3.05) is 13.2 Å². The van der Waals surface area contributed by atoms with Crippen molar-refractivity contribution in [1.29, 1.82) is 0 Å². The third-order valence-corrected chi connectivity index (χ3v) is 6.96. The van der Waals surface area contributed by atoms with Gasteiger partial charge in [-0.3, -0.25) is 9.36 Å². The highest BCUT2D eigenvalue weighted by atomic mass is 31.2. The van der Waals surface area contributed by atoms with Gasteiger partial charge >= 0.3 is 19.7 Å². The molecule has 1 heterocycles. The Morgan fingerprint density at radius 3 is 2.21 bits per heavy atom. The number of esters is 1. The molecule has 1 aromatic rings. The number of nitrogens with zero attached hydrogens (tertiary/aromatic N) is 2. The highest BCUT2D eigenvalue weighted by Crippen LogP contribution is 2.54. The quantitative estimate of drug-likeness (QED) is 0.169. The van der Waals surface area contributed by atoms with Gasteiger partial charge in [-0.05, 0) is 47.5 Å². The fraction of sp³-hybridized carbons (Fsp3) is 0.857. The SMILES string of the molecule is CCOP(=O)(OCC)C(Cc1nc(C(C)CCCCCC(F)(F)F)no1)C(=O)OC(C)(C)C. The summed E-state index contributed by atoms with van der Waals surface area (Å²) in [5.41, 5.74) is -2.11. The van der Waals surface area contributed by atoms with E-state index in [4.69, 9.17) is 18.3 Å². The third-order valence-electron chi connectivity index (χ3n) is 4.57. The number of alkyl halides is 3. The fourth-order valence-electron chi connectivity index (χ4n) is 3.07. The molecular weight excluding hydrogens is 464 g/mol. The van der Waals surface area contributed by atoms with Gasteiger partial charge in [0, 0.05) is 12.3 Å². The molecule has 1 rings (SSSR count). The molecule has 0 radical (unpaired) electrons. The summed E-state index contributed by atoms with van der Waals surface area (Å²) in [6.45, 7) is 10.3. The van der Waals surface area contributed by atoms with Crippen molar-refractivity contribution in [3.05, 3.63) is 11.7 Å². The van der Waals surface area contributed by atoms with E-state index in [0.29, 0.717) is 25.1 Å². The number of hydrogen-bond donors (Lipinski definition) is 0. The lowest BCUT2D eigenvalue weighted by Crippen LogP contribution is -2.34. The Labute approximate surface area is 193 Å². The van der Waals surface area contributed by atoms with Crippen molar-refractivity contribution in [1.82, 2.24) is 10.1 Å². The lowest BCUT2D eigenvalue weighted by Gasteiger charge is -2.27. The van der Waals surface area contributed by atoms with Gasteiger partial charge < -0.3 is 18.3 Å². The molecule has 1 aromatic heterocycles. The van der Waals surface area contributed by atoms with Crippen LogP contribution in [0, 0.1) is 0 Å². The van der Waals surface area contributed by atoms with Crippen LogP contribution in [0.2, 0.25) is 0 Å². The first-order valence-corrected chi connectivity index (χ1v) is 12.8. The van der Waals surface area contributed by atoms with Crippen molar-refractivity contribution in [2.45, 2.75) is 103 Å². The summed E-state index contributed by atoms with van der Waals surface area (Å²) in [5.74, 6) is -0.472. The standard InChI is InChI=1S/C21H36F3N2O6P/c1-7-29-33(28,30-8-2)16(19(27)31-20(4,5)6)14-17-25-18(26-32-17)15(3)12-10-9-11-13-21(22,23)24/h15-16H,7-14H2,1-6H3. The molecule has 2 unspecified atom stereocenters. The van der Waals surface area contributed by atoms with Crippen LogP contribution >= 0.6 is 7.60 Å². The van der Waals surface area contributed by atoms with E-state index in [1.54, 1.807) is 34.6 Å². The van der Waals surface area contributed by atoms with Gasteiger partial charge in [-0.15, -0.1) is 0 Å². The highest BCUT2D eigenvalue weighted by molar-refractivity contribution is 7.55. The first-order valence-electron chi connectivity index (χ1n) is 11.2. The number of carbonyl (C=O) groups is 1. The summed E-state index contributed by atoms with van der Waals surface area (Å²) in [7, 11) is -3.88. The van der Waals surface area contributed by atoms with E-state index in [2.05, 4.69) is 10.1 Å². The topological polar surface area (TPSA) is 101 Å². The lowest BCUT2D eigenvalue weighted by atomic mass is 10.0. The Balaban J connectivity index is 2.88. The van der Waals surface area contributed by atoms with Crippen LogP contribution in [0.1, 0.15) is 91.3 Å². The highest BCUT2D eigenvalue weighted by Gasteiger charge is 2.44. The monoisotopic (exact) mass is 500 g/mol. The Kier molecular flexibility index (Phi) is 11.5. The number of halogens is 3. The van der Waals surface area contributed by atoms with Gasteiger partial charge in [-0.1, -0.05) is 24.9 Å². The van der Waals surface area contributed by atoms with Crippen molar-refractivity contribution in [2.24, 2.45) is 0 Å². The van der Waals surface area contributed by atoms with Crippen LogP contribution in [0.5, 0.6) is 0 Å². The maximum Gasteiger partial charge on any atom is 0.389 e. The minimum atomic E-state index is -4.14. The number of aromatic nitrogens is 2. The van der Waals surface area contributed by atoms with Gasteiger partial charge in [0.15, 0.2) is 11.5 Å². The van der Waals surface area contributed by atoms with E-state index in [1.807, 2.05) is 6.92 Å². The molecule has 2 atom stereocenters. The third kappa shape index (κ3) is 11.0. The molecule has 0 saturated carbocycles. The molecule has 0 aliphatic carbocycles. The first kappa shape index (κ1) is 29.6. The zero-order chi connectivity index (χ0) is 25.3. The normalized spacial score (nSPS) is 14.8. The summed E-state index contributed by atoms with van der Waals surface area (Å²) in [4.78, 5) is 17.2. The smallest absolute Gasteiger partial charge is 0.389 e. The first-order chi connectivity index (χ1) is 15.2. The van der Waals surface area contributed by atoms with Crippen LogP contribution in [-0.2, 0) is 29.6 Å². The summed E-state index contributed by atoms with van der Waals surface area (Å²) in [5, 5.41) is 3.93. The predicted molar refractivity (Wildman–Crippen MR) is 116 cm³/mol. The Morgan fingerprint density at radius 2 is 1.70 bits per heavy atom. The maximum atomic E-state index is 13.3. The van der Waals surface area contributed by atoms with Crippen LogP contribution in [0.3, 0.4) is 0 Å². The number of carbonyl (C=O) groups excluding carboxylic acids is 1. The van der Waals surface area contributed by atoms with Gasteiger partial charge in [0.2, 0.25) is 5.89 Å². The lowest BCUT2D eigenvalue weighted by molar-refractivity contribution is -0.154. The van der Waals surface area contributed by atoms with Crippen molar-refractivity contribution in [3.8, 4) is 0 Å². The molecule has 0 spiro atoms. The van der Waals surface area contributed by atoms with Crippen LogP contribution in [0.15, 0.2) is 4.52 Å². The second-order valence-corrected chi connectivity index (χ2v) is 11.0. The Morgan fingerprint density at radius 1 is 1.09 bits per heavy atom. The van der Waals surface area contributed by atoms with Crippen LogP contribution in [0.25, 0.3) is 0 Å². The van der Waals surface area contributed by atoms with E-state index < -0.39 is 37.4 Å². The number of hydrogen-bond acceptors (Lipinski definition) is 8. The second-order valence-electron chi connectivity index (χ2n) is 8.79. The van der Waals surface area contributed by atoms with Gasteiger partial charge in [0.25, 0.3) is 0 Å². The van der Waals surface area contributed by atoms with E-state index in [1.165, 1.54) is 0 Å². The molecule has 0 N–H and O–H groups in total. The summed E-state index contributed by atoms with van der Waals surface area (Å²) in [6.07, 6.45) is -3.43. The van der Waals surface area contributed by atoms with Crippen LogP contribution in [0.4, 0.5) is 13.2 Å². The van der Waals surface area contributed by atoms with Crippen molar-refractivity contribution >= 4 is 13.6 Å². The molecule has 0 aliphatic heterocycles. The fourth-order valence-corrected chi connectivity index (χ4v) is 4.91. The average molecular weight is 500 g/mol. The largest absolute Gasteiger partial charge is 0.459 e. The van der Waals surface area contributed by atoms with Crippen molar-refractivity contribution < 1.29 is 40.8 Å². The molecule has 0 amide bonds. The zero-order valence-electron chi connectivity index (χ0n) is 20.2. The van der Waals surface area contributed by atoms with E-state index in [-0.39, 0.29) is 37.9 Å². The molecule has 12 heteroatoms. The molecule has 33 heavy (non-hydrogen) atoms. The molecule has 0 aliphatic rings. The molecule has 192 valence electrons. The molecule has 0 aromatic carbocycles. The van der Waals surface area contributed by atoms with Crippen LogP contribution in [-0.4, -0.2) is 46.8 Å². The summed E-state index contributed by atoms with van der Waals surface area (Å²) < 4.78 is 71.5. The van der Waals surface area contributed by atoms with Crippen molar-refractivity contribution in [3.63, 3.8) is 0 Å². The molecule has 0 fully saturated rings. The number of rotatable bonds is 14. The molecule has 0 bridgehead atoms. The van der Waals surface area contributed by atoms with E-state index in [9.17, 15) is 22.5 Å². The molecule has 0 saturated heterocycles. The number of unbranched alkanes of at least 4 members (excludes halogenated alkanes) is 2. The summed E-state index contributed by atoms with van der Waals surface area (Å²) >= 11 is 0. The Hall–Kier alpha value is -1.45. The van der Waals surface area contributed by atoms with Gasteiger partial charge in [0.1, 0.15) is 5.60 Å². The maximum absolute atomic E-state index is 13.3. The second kappa shape index (κ2) is 12.9.